The summed E-state index contributed by atoms with van der Waals surface area (Å²) in [5.74, 6) is 0.658. The lowest BCUT2D eigenvalue weighted by atomic mass is 10.1. The van der Waals surface area contributed by atoms with Gasteiger partial charge in [-0.1, -0.05) is 24.3 Å². The van der Waals surface area contributed by atoms with Crippen molar-refractivity contribution in [3.63, 3.8) is 0 Å². The fourth-order valence-electron chi connectivity index (χ4n) is 3.37. The molecule has 6 nitrogen and oxygen atoms in total. The second kappa shape index (κ2) is 9.02. The average molecular weight is 467 g/mol. The van der Waals surface area contributed by atoms with Gasteiger partial charge in [-0.2, -0.15) is 0 Å². The van der Waals surface area contributed by atoms with Crippen molar-refractivity contribution >= 4 is 43.7 Å². The molecule has 32 heavy (non-hydrogen) atoms. The number of benzene rings is 3. The maximum Gasteiger partial charge on any atom is 0.271 e. The molecule has 0 bridgehead atoms. The van der Waals surface area contributed by atoms with Crippen LogP contribution in [0, 0.1) is 0 Å². The van der Waals surface area contributed by atoms with E-state index in [1.807, 2.05) is 30.3 Å². The van der Waals surface area contributed by atoms with Crippen LogP contribution in [0.25, 0.3) is 10.8 Å². The lowest BCUT2D eigenvalue weighted by Gasteiger charge is -2.18. The molecule has 0 saturated heterocycles. The van der Waals surface area contributed by atoms with Gasteiger partial charge < -0.3 is 9.64 Å². The predicted molar refractivity (Wildman–Crippen MR) is 128 cm³/mol. The van der Waals surface area contributed by atoms with Crippen molar-refractivity contribution in [2.75, 3.05) is 18.9 Å². The Hall–Kier alpha value is -3.36. The Bertz CT molecular complexity index is 1350. The molecular weight excluding hydrogens is 444 g/mol. The molecule has 3 aromatic carbocycles. The van der Waals surface area contributed by atoms with Crippen LogP contribution in [0.4, 0.5) is 5.69 Å². The molecule has 0 saturated carbocycles. The number of fused-ring (bicyclic) bond motifs is 1. The first-order chi connectivity index (χ1) is 15.4. The van der Waals surface area contributed by atoms with E-state index < -0.39 is 10.0 Å². The number of methoxy groups -OCH3 is 1. The molecule has 8 heteroatoms. The van der Waals surface area contributed by atoms with Gasteiger partial charge in [0.25, 0.3) is 15.9 Å². The Morgan fingerprint density at radius 2 is 1.72 bits per heavy atom. The van der Waals surface area contributed by atoms with Crippen molar-refractivity contribution in [1.29, 1.82) is 0 Å². The molecule has 0 unspecified atom stereocenters. The van der Waals surface area contributed by atoms with Crippen molar-refractivity contribution in [2.45, 2.75) is 10.8 Å². The number of amides is 1. The van der Waals surface area contributed by atoms with Crippen LogP contribution in [0.2, 0.25) is 0 Å². The number of hydrogen-bond donors (Lipinski definition) is 1. The summed E-state index contributed by atoms with van der Waals surface area (Å²) in [6, 6.07) is 21.6. The second-order valence-electron chi connectivity index (χ2n) is 7.32. The molecule has 0 aliphatic rings. The van der Waals surface area contributed by atoms with Crippen molar-refractivity contribution in [2.24, 2.45) is 0 Å². The molecule has 1 heterocycles. The third kappa shape index (κ3) is 4.76. The van der Waals surface area contributed by atoms with Crippen LogP contribution in [0.15, 0.2) is 82.4 Å². The Kier molecular flexibility index (Phi) is 6.16. The van der Waals surface area contributed by atoms with Crippen LogP contribution in [-0.4, -0.2) is 33.4 Å². The molecule has 0 spiro atoms. The summed E-state index contributed by atoms with van der Waals surface area (Å²) in [5.41, 5.74) is 1.90. The Morgan fingerprint density at radius 1 is 1.00 bits per heavy atom. The number of nitrogens with one attached hydrogen (secondary N) is 1. The summed E-state index contributed by atoms with van der Waals surface area (Å²) in [6.45, 7) is 0.452. The number of hydrogen-bond acceptors (Lipinski definition) is 5. The van der Waals surface area contributed by atoms with E-state index in [0.29, 0.717) is 17.8 Å². The van der Waals surface area contributed by atoms with E-state index in [4.69, 9.17) is 4.74 Å². The number of carbonyl (C=O) groups is 1. The van der Waals surface area contributed by atoms with Crippen LogP contribution in [0.5, 0.6) is 5.75 Å². The van der Waals surface area contributed by atoms with Gasteiger partial charge in [0, 0.05) is 24.8 Å². The monoisotopic (exact) mass is 466 g/mol. The number of anilines is 1. The first-order valence-corrected chi connectivity index (χ1v) is 12.2. The summed E-state index contributed by atoms with van der Waals surface area (Å²) in [7, 11) is -0.233. The van der Waals surface area contributed by atoms with Crippen LogP contribution in [0.3, 0.4) is 0 Å². The lowest BCUT2D eigenvalue weighted by molar-refractivity contribution is 0.0785. The highest BCUT2D eigenvalue weighted by molar-refractivity contribution is 7.94. The van der Waals surface area contributed by atoms with Gasteiger partial charge in [-0.3, -0.25) is 9.52 Å². The highest BCUT2D eigenvalue weighted by Gasteiger charge is 2.16. The summed E-state index contributed by atoms with van der Waals surface area (Å²) in [5, 5.41) is 3.85. The van der Waals surface area contributed by atoms with Crippen LogP contribution < -0.4 is 9.46 Å². The molecule has 1 N–H and O–H groups in total. The Morgan fingerprint density at radius 3 is 2.41 bits per heavy atom. The molecule has 0 atom stereocenters. The van der Waals surface area contributed by atoms with E-state index in [-0.39, 0.29) is 10.1 Å². The van der Waals surface area contributed by atoms with Gasteiger partial charge in [-0.05, 0) is 70.2 Å². The summed E-state index contributed by atoms with van der Waals surface area (Å²) >= 11 is 1.15. The molecule has 4 aromatic rings. The average Bonchev–Trinajstić information content (AvgIpc) is 3.34. The molecule has 164 valence electrons. The van der Waals surface area contributed by atoms with Gasteiger partial charge in [0.05, 0.1) is 7.11 Å². The maximum atomic E-state index is 12.9. The minimum atomic E-state index is -3.62. The van der Waals surface area contributed by atoms with E-state index in [0.717, 1.165) is 33.4 Å². The number of sulfonamides is 1. The van der Waals surface area contributed by atoms with Gasteiger partial charge >= 0.3 is 0 Å². The smallest absolute Gasteiger partial charge is 0.271 e. The molecule has 0 radical (unpaired) electrons. The van der Waals surface area contributed by atoms with Crippen LogP contribution in [-0.2, 0) is 16.6 Å². The number of nitrogens with zero attached hydrogens (tertiary/aromatic N) is 1. The normalized spacial score (nSPS) is 11.3. The van der Waals surface area contributed by atoms with Crippen molar-refractivity contribution in [3.05, 3.63) is 89.3 Å². The zero-order chi connectivity index (χ0) is 22.7. The maximum absolute atomic E-state index is 12.9. The molecule has 1 aromatic heterocycles. The molecule has 1 amide bonds. The van der Waals surface area contributed by atoms with E-state index in [1.165, 1.54) is 0 Å². The van der Waals surface area contributed by atoms with Crippen molar-refractivity contribution in [3.8, 4) is 5.75 Å². The minimum Gasteiger partial charge on any atom is -0.497 e. The van der Waals surface area contributed by atoms with E-state index in [1.54, 1.807) is 60.8 Å². The number of carbonyl (C=O) groups excluding carboxylic acids is 1. The number of rotatable bonds is 7. The fourth-order valence-corrected chi connectivity index (χ4v) is 5.42. The first kappa shape index (κ1) is 21.9. The zero-order valence-corrected chi connectivity index (χ0v) is 19.2. The number of thiophene rings is 1. The first-order valence-electron chi connectivity index (χ1n) is 9.84. The molecule has 0 aliphatic carbocycles. The Labute approximate surface area is 191 Å². The molecule has 0 fully saturated rings. The second-order valence-corrected chi connectivity index (χ2v) is 10.2. The quantitative estimate of drug-likeness (QED) is 0.417. The Balaban J connectivity index is 1.44. The van der Waals surface area contributed by atoms with E-state index in [9.17, 15) is 13.2 Å². The van der Waals surface area contributed by atoms with Crippen molar-refractivity contribution < 1.29 is 17.9 Å². The summed E-state index contributed by atoms with van der Waals surface area (Å²) in [6.07, 6.45) is 0. The third-order valence-electron chi connectivity index (χ3n) is 5.02. The predicted octanol–water partition coefficient (Wildman–Crippen LogP) is 4.98. The SMILES string of the molecule is COc1ccc2cc(CN(C)C(=O)c3ccc(NS(=O)(=O)c4cccs4)cc3)ccc2c1. The highest BCUT2D eigenvalue weighted by atomic mass is 32.2. The standard InChI is InChI=1S/C24H22N2O4S2/c1-26(16-17-5-6-20-15-22(30-2)12-9-19(20)14-17)24(27)18-7-10-21(11-8-18)25-32(28,29)23-4-3-13-31-23/h3-15,25H,16H2,1-2H3. The van der Waals surface area contributed by atoms with Gasteiger partial charge in [-0.15, -0.1) is 11.3 Å². The van der Waals surface area contributed by atoms with Crippen molar-refractivity contribution in [1.82, 2.24) is 4.90 Å². The zero-order valence-electron chi connectivity index (χ0n) is 17.6. The third-order valence-corrected chi connectivity index (χ3v) is 7.80. The van der Waals surface area contributed by atoms with Crippen LogP contribution in [0.1, 0.15) is 15.9 Å². The number of ether oxygens (including phenoxy) is 1. The summed E-state index contributed by atoms with van der Waals surface area (Å²) < 4.78 is 32.7. The van der Waals surface area contributed by atoms with Gasteiger partial charge in [0.2, 0.25) is 0 Å². The largest absolute Gasteiger partial charge is 0.497 e. The van der Waals surface area contributed by atoms with Gasteiger partial charge in [0.15, 0.2) is 0 Å². The minimum absolute atomic E-state index is 0.146. The molecule has 0 aliphatic heterocycles. The summed E-state index contributed by atoms with van der Waals surface area (Å²) in [4.78, 5) is 14.5. The lowest BCUT2D eigenvalue weighted by Crippen LogP contribution is -2.26. The fraction of sp³-hybridized carbons (Fsp3) is 0.125. The van der Waals surface area contributed by atoms with E-state index >= 15 is 0 Å². The van der Waals surface area contributed by atoms with Crippen LogP contribution >= 0.6 is 11.3 Å². The van der Waals surface area contributed by atoms with E-state index in [2.05, 4.69) is 10.8 Å². The van der Waals surface area contributed by atoms with Gasteiger partial charge in [0.1, 0.15) is 9.96 Å². The highest BCUT2D eigenvalue weighted by Crippen LogP contribution is 2.23. The molecule has 4 rings (SSSR count). The van der Waals surface area contributed by atoms with Gasteiger partial charge in [-0.25, -0.2) is 8.42 Å². The molecular formula is C24H22N2O4S2. The topological polar surface area (TPSA) is 75.7 Å².